The van der Waals surface area contributed by atoms with E-state index in [1.165, 1.54) is 30.5 Å². The molecule has 0 saturated heterocycles. The number of ether oxygens (including phenoxy) is 1. The molecule has 0 unspecified atom stereocenters. The van der Waals surface area contributed by atoms with Crippen LogP contribution in [0.1, 0.15) is 27.3 Å². The van der Waals surface area contributed by atoms with Gasteiger partial charge in [0.15, 0.2) is 6.61 Å². The van der Waals surface area contributed by atoms with Crippen LogP contribution in [0.15, 0.2) is 48.7 Å². The third-order valence-electron chi connectivity index (χ3n) is 4.41. The van der Waals surface area contributed by atoms with Crippen molar-refractivity contribution >= 4 is 11.6 Å². The third kappa shape index (κ3) is 4.06. The molecule has 0 aliphatic heterocycles. The van der Waals surface area contributed by atoms with Gasteiger partial charge in [-0.25, -0.2) is 4.39 Å². The van der Waals surface area contributed by atoms with E-state index < -0.39 is 10.7 Å². The molecule has 0 N–H and O–H groups in total. The van der Waals surface area contributed by atoms with Gasteiger partial charge in [0.25, 0.3) is 0 Å². The molecule has 1 aromatic carbocycles. The second-order valence-electron chi connectivity index (χ2n) is 6.29. The Labute approximate surface area is 160 Å². The first-order valence-corrected chi connectivity index (χ1v) is 8.53. The van der Waals surface area contributed by atoms with Gasteiger partial charge in [-0.15, -0.1) is 0 Å². The maximum atomic E-state index is 13.1. The SMILES string of the molecule is Cc1cc(C(=O)COc2cccnc2[N+](=O)[O-])c(C)n1Cc1ccc(F)cc1. The Hall–Kier alpha value is -3.55. The van der Waals surface area contributed by atoms with Crippen molar-refractivity contribution in [2.45, 2.75) is 20.4 Å². The number of rotatable bonds is 7. The molecule has 2 aromatic heterocycles. The highest BCUT2D eigenvalue weighted by atomic mass is 19.1. The summed E-state index contributed by atoms with van der Waals surface area (Å²) in [7, 11) is 0. The van der Waals surface area contributed by atoms with Gasteiger partial charge in [-0.1, -0.05) is 12.1 Å². The van der Waals surface area contributed by atoms with Crippen molar-refractivity contribution < 1.29 is 18.8 Å². The zero-order valence-electron chi connectivity index (χ0n) is 15.4. The summed E-state index contributed by atoms with van der Waals surface area (Å²) in [5.74, 6) is -1.09. The van der Waals surface area contributed by atoms with Crippen molar-refractivity contribution in [1.29, 1.82) is 0 Å². The monoisotopic (exact) mass is 383 g/mol. The number of benzene rings is 1. The van der Waals surface area contributed by atoms with Gasteiger partial charge in [0.05, 0.1) is 0 Å². The summed E-state index contributed by atoms with van der Waals surface area (Å²) in [6.07, 6.45) is 1.29. The lowest BCUT2D eigenvalue weighted by Gasteiger charge is -2.10. The summed E-state index contributed by atoms with van der Waals surface area (Å²) in [6, 6.07) is 10.8. The van der Waals surface area contributed by atoms with E-state index in [1.54, 1.807) is 18.2 Å². The number of nitro groups is 1. The van der Waals surface area contributed by atoms with Gasteiger partial charge >= 0.3 is 5.82 Å². The number of carbonyl (C=O) groups is 1. The standard InChI is InChI=1S/C20H18FN3O4/c1-13-10-17(14(2)23(13)11-15-5-7-16(21)8-6-15)18(25)12-28-19-4-3-9-22-20(19)24(26)27/h3-10H,11-12H2,1-2H3. The Bertz CT molecular complexity index is 1030. The van der Waals surface area contributed by atoms with E-state index in [0.717, 1.165) is 17.0 Å². The van der Waals surface area contributed by atoms with Crippen molar-refractivity contribution in [2.24, 2.45) is 0 Å². The van der Waals surface area contributed by atoms with Crippen LogP contribution in [0.2, 0.25) is 0 Å². The molecule has 2 heterocycles. The van der Waals surface area contributed by atoms with E-state index in [2.05, 4.69) is 4.98 Å². The number of carbonyl (C=O) groups excluding carboxylic acids is 1. The lowest BCUT2D eigenvalue weighted by Crippen LogP contribution is -2.14. The fourth-order valence-electron chi connectivity index (χ4n) is 2.95. The van der Waals surface area contributed by atoms with Gasteiger partial charge in [0.1, 0.15) is 12.0 Å². The largest absolute Gasteiger partial charge is 0.477 e. The van der Waals surface area contributed by atoms with E-state index in [-0.39, 0.29) is 24.0 Å². The molecule has 0 spiro atoms. The first-order chi connectivity index (χ1) is 13.4. The second-order valence-corrected chi connectivity index (χ2v) is 6.29. The van der Waals surface area contributed by atoms with Gasteiger partial charge in [-0.2, -0.15) is 0 Å². The van der Waals surface area contributed by atoms with Gasteiger partial charge < -0.3 is 19.4 Å². The quantitative estimate of drug-likeness (QED) is 0.351. The van der Waals surface area contributed by atoms with Crippen LogP contribution in [0.3, 0.4) is 0 Å². The Morgan fingerprint density at radius 2 is 1.96 bits per heavy atom. The van der Waals surface area contributed by atoms with Crippen LogP contribution in [0.25, 0.3) is 0 Å². The molecule has 28 heavy (non-hydrogen) atoms. The molecular weight excluding hydrogens is 365 g/mol. The van der Waals surface area contributed by atoms with Crippen LogP contribution in [0.4, 0.5) is 10.2 Å². The molecule has 0 aliphatic carbocycles. The average molecular weight is 383 g/mol. The van der Waals surface area contributed by atoms with E-state index in [4.69, 9.17) is 4.74 Å². The Balaban J connectivity index is 1.76. The van der Waals surface area contributed by atoms with Crippen molar-refractivity contribution in [1.82, 2.24) is 9.55 Å². The predicted octanol–water partition coefficient (Wildman–Crippen LogP) is 3.86. The Morgan fingerprint density at radius 3 is 2.64 bits per heavy atom. The predicted molar refractivity (Wildman–Crippen MR) is 100 cm³/mol. The molecule has 144 valence electrons. The lowest BCUT2D eigenvalue weighted by molar-refractivity contribution is -0.390. The first kappa shape index (κ1) is 19.2. The van der Waals surface area contributed by atoms with Gasteiger partial charge in [0, 0.05) is 23.5 Å². The summed E-state index contributed by atoms with van der Waals surface area (Å²) in [5.41, 5.74) is 3.00. The number of aromatic nitrogens is 2. The van der Waals surface area contributed by atoms with E-state index in [0.29, 0.717) is 12.1 Å². The van der Waals surface area contributed by atoms with Crippen molar-refractivity contribution in [3.05, 3.63) is 87.1 Å². The zero-order chi connectivity index (χ0) is 20.3. The average Bonchev–Trinajstić information content (AvgIpc) is 2.96. The highest BCUT2D eigenvalue weighted by Gasteiger charge is 2.20. The summed E-state index contributed by atoms with van der Waals surface area (Å²) < 4.78 is 20.4. The molecule has 0 fully saturated rings. The van der Waals surface area contributed by atoms with Crippen LogP contribution < -0.4 is 4.74 Å². The first-order valence-electron chi connectivity index (χ1n) is 8.53. The molecule has 8 heteroatoms. The van der Waals surface area contributed by atoms with Crippen molar-refractivity contribution in [3.8, 4) is 5.75 Å². The van der Waals surface area contributed by atoms with Gasteiger partial charge in [-0.05, 0) is 59.7 Å². The molecule has 3 aromatic rings. The highest BCUT2D eigenvalue weighted by molar-refractivity contribution is 5.98. The number of ketones is 1. The van der Waals surface area contributed by atoms with E-state index in [9.17, 15) is 19.3 Å². The number of hydrogen-bond donors (Lipinski definition) is 0. The van der Waals surface area contributed by atoms with E-state index in [1.807, 2.05) is 18.4 Å². The minimum Gasteiger partial charge on any atom is -0.477 e. The van der Waals surface area contributed by atoms with E-state index >= 15 is 0 Å². The topological polar surface area (TPSA) is 87.3 Å². The molecule has 0 aliphatic rings. The molecule has 7 nitrogen and oxygen atoms in total. The molecule has 0 atom stereocenters. The summed E-state index contributed by atoms with van der Waals surface area (Å²) >= 11 is 0. The maximum absolute atomic E-state index is 13.1. The molecule has 0 radical (unpaired) electrons. The fourth-order valence-corrected chi connectivity index (χ4v) is 2.95. The second kappa shape index (κ2) is 7.99. The summed E-state index contributed by atoms with van der Waals surface area (Å²) in [5, 5.41) is 11.0. The third-order valence-corrected chi connectivity index (χ3v) is 4.41. The number of aryl methyl sites for hydroxylation is 1. The molecular formula is C20H18FN3O4. The van der Waals surface area contributed by atoms with Crippen molar-refractivity contribution in [3.63, 3.8) is 0 Å². The normalized spacial score (nSPS) is 10.7. The molecule has 0 amide bonds. The maximum Gasteiger partial charge on any atom is 0.406 e. The number of pyridine rings is 1. The number of halogens is 1. The highest BCUT2D eigenvalue weighted by Crippen LogP contribution is 2.24. The number of Topliss-reactive ketones (excluding diaryl/α,β-unsaturated/α-hetero) is 1. The summed E-state index contributed by atoms with van der Waals surface area (Å²) in [6.45, 7) is 3.85. The van der Waals surface area contributed by atoms with Crippen LogP contribution in [0.5, 0.6) is 5.75 Å². The molecule has 0 bridgehead atoms. The number of nitrogens with zero attached hydrogens (tertiary/aromatic N) is 3. The zero-order valence-corrected chi connectivity index (χ0v) is 15.4. The Morgan fingerprint density at radius 1 is 1.25 bits per heavy atom. The fraction of sp³-hybridized carbons (Fsp3) is 0.200. The van der Waals surface area contributed by atoms with Crippen LogP contribution in [0, 0.1) is 29.8 Å². The molecule has 0 saturated carbocycles. The smallest absolute Gasteiger partial charge is 0.406 e. The lowest BCUT2D eigenvalue weighted by atomic mass is 10.1. The van der Waals surface area contributed by atoms with Gasteiger partial charge in [-0.3, -0.25) is 4.79 Å². The summed E-state index contributed by atoms with van der Waals surface area (Å²) in [4.78, 5) is 26.6. The molecule has 3 rings (SSSR count). The minimum atomic E-state index is -0.658. The van der Waals surface area contributed by atoms with Crippen molar-refractivity contribution in [2.75, 3.05) is 6.61 Å². The van der Waals surface area contributed by atoms with Gasteiger partial charge in [0.2, 0.25) is 11.5 Å². The van der Waals surface area contributed by atoms with Crippen LogP contribution >= 0.6 is 0 Å². The van der Waals surface area contributed by atoms with Crippen LogP contribution in [-0.2, 0) is 6.54 Å². The number of hydrogen-bond acceptors (Lipinski definition) is 5. The van der Waals surface area contributed by atoms with Crippen LogP contribution in [-0.4, -0.2) is 26.9 Å². The Kier molecular flexibility index (Phi) is 5.49. The minimum absolute atomic E-state index is 0.0547.